The Morgan fingerprint density at radius 1 is 1.12 bits per heavy atom. The third kappa shape index (κ3) is 5.01. The number of benzene rings is 2. The van der Waals surface area contributed by atoms with E-state index in [9.17, 15) is 9.50 Å². The maximum absolute atomic E-state index is 13.2. The number of rotatable bonds is 6. The summed E-state index contributed by atoms with van der Waals surface area (Å²) in [7, 11) is 2.10. The Kier molecular flexibility index (Phi) is 6.02. The van der Waals surface area contributed by atoms with E-state index in [4.69, 9.17) is 0 Å². The lowest BCUT2D eigenvalue weighted by Crippen LogP contribution is -2.49. The van der Waals surface area contributed by atoms with Crippen LogP contribution in [-0.4, -0.2) is 60.8 Å². The molecule has 2 N–H and O–H groups in total. The Morgan fingerprint density at radius 3 is 2.56 bits per heavy atom. The van der Waals surface area contributed by atoms with Gasteiger partial charge in [-0.25, -0.2) is 4.39 Å². The number of anilines is 1. The number of aliphatic hydroxyl groups excluding tert-OH is 1. The van der Waals surface area contributed by atoms with Crippen molar-refractivity contribution in [1.29, 1.82) is 0 Å². The molecule has 1 aliphatic rings. The van der Waals surface area contributed by atoms with Gasteiger partial charge >= 0.3 is 0 Å². The number of aliphatic hydroxyl groups is 1. The monoisotopic (exact) mass is 343 g/mol. The zero-order valence-electron chi connectivity index (χ0n) is 14.6. The molecule has 4 nitrogen and oxygen atoms in total. The van der Waals surface area contributed by atoms with Crippen LogP contribution >= 0.6 is 0 Å². The topological polar surface area (TPSA) is 38.7 Å². The summed E-state index contributed by atoms with van der Waals surface area (Å²) in [6.07, 6.45) is -0.433. The van der Waals surface area contributed by atoms with Gasteiger partial charge in [0, 0.05) is 44.5 Å². The maximum atomic E-state index is 13.2. The molecule has 2 aromatic carbocycles. The molecule has 0 aromatic heterocycles. The smallest absolute Gasteiger partial charge is 0.123 e. The molecule has 134 valence electrons. The molecule has 1 fully saturated rings. The van der Waals surface area contributed by atoms with Crippen LogP contribution in [0.3, 0.4) is 0 Å². The number of para-hydroxylation sites is 1. The van der Waals surface area contributed by atoms with Gasteiger partial charge in [-0.1, -0.05) is 30.3 Å². The number of likely N-dealkylation sites (N-methyl/N-ethyl adjacent to an activating group) is 1. The molecule has 0 amide bonds. The van der Waals surface area contributed by atoms with Crippen molar-refractivity contribution in [2.75, 3.05) is 45.1 Å². The Morgan fingerprint density at radius 2 is 1.84 bits per heavy atom. The van der Waals surface area contributed by atoms with Crippen LogP contribution in [0.4, 0.5) is 10.1 Å². The highest BCUT2D eigenvalue weighted by atomic mass is 19.1. The van der Waals surface area contributed by atoms with Crippen molar-refractivity contribution in [2.24, 2.45) is 0 Å². The van der Waals surface area contributed by atoms with Crippen LogP contribution in [0.2, 0.25) is 0 Å². The van der Waals surface area contributed by atoms with Crippen LogP contribution in [0.5, 0.6) is 0 Å². The van der Waals surface area contributed by atoms with Crippen molar-refractivity contribution in [3.8, 4) is 0 Å². The Balaban J connectivity index is 1.53. The molecular formula is C20H26FN3O. The average molecular weight is 343 g/mol. The Labute approximate surface area is 148 Å². The third-order valence-electron chi connectivity index (χ3n) is 4.77. The van der Waals surface area contributed by atoms with Gasteiger partial charge in [-0.3, -0.25) is 9.80 Å². The van der Waals surface area contributed by atoms with Gasteiger partial charge in [-0.2, -0.15) is 0 Å². The summed E-state index contributed by atoms with van der Waals surface area (Å²) in [5.74, 6) is -0.207. The van der Waals surface area contributed by atoms with Crippen LogP contribution in [0.15, 0.2) is 54.6 Å². The first kappa shape index (κ1) is 17.9. The second-order valence-corrected chi connectivity index (χ2v) is 6.71. The fourth-order valence-corrected chi connectivity index (χ4v) is 3.30. The Bertz CT molecular complexity index is 650. The molecule has 1 saturated heterocycles. The van der Waals surface area contributed by atoms with Gasteiger partial charge in [0.25, 0.3) is 0 Å². The van der Waals surface area contributed by atoms with E-state index in [1.54, 1.807) is 0 Å². The molecule has 2 aromatic rings. The number of β-amino-alcohol motifs (C(OH)–C–C–N with tert-alkyl or cyclic N) is 1. The predicted molar refractivity (Wildman–Crippen MR) is 99.1 cm³/mol. The molecule has 25 heavy (non-hydrogen) atoms. The highest BCUT2D eigenvalue weighted by Gasteiger charge is 2.26. The molecule has 3 rings (SSSR count). The minimum absolute atomic E-state index is 0.207. The van der Waals surface area contributed by atoms with E-state index in [1.807, 2.05) is 42.5 Å². The van der Waals surface area contributed by atoms with E-state index in [1.165, 1.54) is 12.1 Å². The van der Waals surface area contributed by atoms with Crippen LogP contribution in [0.25, 0.3) is 0 Å². The first-order chi connectivity index (χ1) is 12.1. The predicted octanol–water partition coefficient (Wildman–Crippen LogP) is 2.59. The van der Waals surface area contributed by atoms with E-state index in [0.29, 0.717) is 13.1 Å². The number of hydrogen-bond acceptors (Lipinski definition) is 4. The molecule has 0 aliphatic carbocycles. The number of halogens is 1. The number of nitrogens with one attached hydrogen (secondary N) is 1. The molecule has 5 heteroatoms. The summed E-state index contributed by atoms with van der Waals surface area (Å²) in [6.45, 7) is 3.85. The summed E-state index contributed by atoms with van der Waals surface area (Å²) in [6, 6.07) is 16.9. The first-order valence-electron chi connectivity index (χ1n) is 8.77. The summed E-state index contributed by atoms with van der Waals surface area (Å²) in [5.41, 5.74) is 2.13. The normalized spacial score (nSPS) is 20.4. The lowest BCUT2D eigenvalue weighted by molar-refractivity contribution is 0.0556. The summed E-state index contributed by atoms with van der Waals surface area (Å²) in [4.78, 5) is 4.57. The summed E-state index contributed by atoms with van der Waals surface area (Å²) in [5, 5.41) is 13.6. The zero-order valence-corrected chi connectivity index (χ0v) is 14.6. The quantitative estimate of drug-likeness (QED) is 0.846. The molecule has 1 heterocycles. The molecule has 0 saturated carbocycles. The molecule has 0 radical (unpaired) electrons. The van der Waals surface area contributed by atoms with Gasteiger partial charge in [-0.05, 0) is 36.9 Å². The highest BCUT2D eigenvalue weighted by molar-refractivity contribution is 5.42. The van der Waals surface area contributed by atoms with Gasteiger partial charge in [0.05, 0.1) is 6.10 Å². The van der Waals surface area contributed by atoms with Crippen LogP contribution in [0, 0.1) is 5.82 Å². The van der Waals surface area contributed by atoms with E-state index in [0.717, 1.165) is 30.9 Å². The van der Waals surface area contributed by atoms with E-state index < -0.39 is 6.10 Å². The molecule has 2 atom stereocenters. The van der Waals surface area contributed by atoms with Crippen molar-refractivity contribution in [1.82, 2.24) is 9.80 Å². The minimum atomic E-state index is -0.433. The lowest BCUT2D eigenvalue weighted by Gasteiger charge is -2.40. The van der Waals surface area contributed by atoms with Gasteiger partial charge in [0.2, 0.25) is 0 Å². The second kappa shape index (κ2) is 8.43. The zero-order chi connectivity index (χ0) is 17.6. The van der Waals surface area contributed by atoms with Crippen molar-refractivity contribution >= 4 is 5.69 Å². The first-order valence-corrected chi connectivity index (χ1v) is 8.77. The van der Waals surface area contributed by atoms with Crippen molar-refractivity contribution in [3.05, 3.63) is 66.0 Å². The molecule has 2 unspecified atom stereocenters. The number of hydrogen-bond donors (Lipinski definition) is 2. The molecule has 1 aliphatic heterocycles. The van der Waals surface area contributed by atoms with E-state index >= 15 is 0 Å². The van der Waals surface area contributed by atoms with E-state index in [2.05, 4.69) is 22.2 Å². The van der Waals surface area contributed by atoms with Crippen molar-refractivity contribution in [3.63, 3.8) is 0 Å². The fraction of sp³-hybridized carbons (Fsp3) is 0.400. The molecule has 0 spiro atoms. The summed E-state index contributed by atoms with van der Waals surface area (Å²) < 4.78 is 13.2. The average Bonchev–Trinajstić information content (AvgIpc) is 2.63. The fourth-order valence-electron chi connectivity index (χ4n) is 3.30. The van der Waals surface area contributed by atoms with Gasteiger partial charge in [0.15, 0.2) is 0 Å². The minimum Gasteiger partial charge on any atom is -0.390 e. The van der Waals surface area contributed by atoms with Crippen LogP contribution in [-0.2, 0) is 0 Å². The number of nitrogens with zero attached hydrogens (tertiary/aromatic N) is 2. The lowest BCUT2D eigenvalue weighted by atomic mass is 10.0. The molecular weight excluding hydrogens is 317 g/mol. The largest absolute Gasteiger partial charge is 0.390 e. The van der Waals surface area contributed by atoms with Crippen molar-refractivity contribution < 1.29 is 9.50 Å². The van der Waals surface area contributed by atoms with Crippen molar-refractivity contribution in [2.45, 2.75) is 12.1 Å². The van der Waals surface area contributed by atoms with E-state index in [-0.39, 0.29) is 11.9 Å². The third-order valence-corrected chi connectivity index (χ3v) is 4.77. The van der Waals surface area contributed by atoms with Gasteiger partial charge in [-0.15, -0.1) is 0 Å². The highest BCUT2D eigenvalue weighted by Crippen LogP contribution is 2.24. The standard InChI is InChI=1S/C20H26FN3O/c1-23-11-12-24(15-20(23)16-7-9-17(21)10-8-16)14-19(25)13-22-18-5-3-2-4-6-18/h2-10,19-20,22,25H,11-15H2,1H3. The summed E-state index contributed by atoms with van der Waals surface area (Å²) >= 11 is 0. The van der Waals surface area contributed by atoms with Crippen LogP contribution in [0.1, 0.15) is 11.6 Å². The van der Waals surface area contributed by atoms with Gasteiger partial charge in [0.1, 0.15) is 5.82 Å². The van der Waals surface area contributed by atoms with Gasteiger partial charge < -0.3 is 10.4 Å². The SMILES string of the molecule is CN1CCN(CC(O)CNc2ccccc2)CC1c1ccc(F)cc1. The second-order valence-electron chi connectivity index (χ2n) is 6.71. The maximum Gasteiger partial charge on any atom is 0.123 e. The molecule has 0 bridgehead atoms. The number of piperazine rings is 1. The van der Waals surface area contributed by atoms with Crippen LogP contribution < -0.4 is 5.32 Å². The Hall–Kier alpha value is -1.95.